The summed E-state index contributed by atoms with van der Waals surface area (Å²) in [7, 11) is 0. The SMILES string of the molecule is CC(C)Sc1ccc(C(=O)NC2CCNCC2C)cc1.Cl. The minimum Gasteiger partial charge on any atom is -0.349 e. The number of benzene rings is 1. The van der Waals surface area contributed by atoms with Gasteiger partial charge >= 0.3 is 0 Å². The zero-order valence-corrected chi connectivity index (χ0v) is 14.5. The van der Waals surface area contributed by atoms with E-state index in [4.69, 9.17) is 0 Å². The van der Waals surface area contributed by atoms with Crippen LogP contribution in [0.15, 0.2) is 29.2 Å². The number of hydrogen-bond acceptors (Lipinski definition) is 3. The topological polar surface area (TPSA) is 41.1 Å². The molecule has 1 amide bonds. The minimum atomic E-state index is 0. The molecule has 2 rings (SSSR count). The molecule has 0 aliphatic carbocycles. The summed E-state index contributed by atoms with van der Waals surface area (Å²) in [5, 5.41) is 7.07. The average molecular weight is 329 g/mol. The molecule has 2 atom stereocenters. The Labute approximate surface area is 138 Å². The Hall–Kier alpha value is -0.710. The first-order valence-electron chi connectivity index (χ1n) is 7.34. The summed E-state index contributed by atoms with van der Waals surface area (Å²) in [4.78, 5) is 13.5. The summed E-state index contributed by atoms with van der Waals surface area (Å²) in [6.45, 7) is 8.49. The van der Waals surface area contributed by atoms with Crippen LogP contribution in [-0.4, -0.2) is 30.3 Å². The number of thioether (sulfide) groups is 1. The Morgan fingerprint density at radius 1 is 1.33 bits per heavy atom. The van der Waals surface area contributed by atoms with Crippen LogP contribution in [0, 0.1) is 5.92 Å². The van der Waals surface area contributed by atoms with Crippen LogP contribution in [0.5, 0.6) is 0 Å². The third-order valence-corrected chi connectivity index (χ3v) is 4.61. The van der Waals surface area contributed by atoms with Crippen LogP contribution < -0.4 is 10.6 Å². The lowest BCUT2D eigenvalue weighted by Gasteiger charge is -2.30. The van der Waals surface area contributed by atoms with E-state index in [-0.39, 0.29) is 24.4 Å². The van der Waals surface area contributed by atoms with Crippen molar-refractivity contribution in [2.75, 3.05) is 13.1 Å². The summed E-state index contributed by atoms with van der Waals surface area (Å²) < 4.78 is 0. The van der Waals surface area contributed by atoms with Crippen molar-refractivity contribution in [3.05, 3.63) is 29.8 Å². The molecule has 21 heavy (non-hydrogen) atoms. The van der Waals surface area contributed by atoms with E-state index in [0.29, 0.717) is 11.2 Å². The van der Waals surface area contributed by atoms with E-state index < -0.39 is 0 Å². The molecule has 1 aliphatic heterocycles. The monoisotopic (exact) mass is 328 g/mol. The van der Waals surface area contributed by atoms with E-state index in [9.17, 15) is 4.79 Å². The summed E-state index contributed by atoms with van der Waals surface area (Å²) in [5.41, 5.74) is 0.754. The maximum atomic E-state index is 12.3. The van der Waals surface area contributed by atoms with Crippen LogP contribution in [0.3, 0.4) is 0 Å². The Balaban J connectivity index is 0.00000220. The normalized spacial score (nSPS) is 21.7. The quantitative estimate of drug-likeness (QED) is 0.833. The number of amides is 1. The van der Waals surface area contributed by atoms with Crippen molar-refractivity contribution in [2.45, 2.75) is 43.4 Å². The van der Waals surface area contributed by atoms with Gasteiger partial charge in [-0.15, -0.1) is 24.2 Å². The fourth-order valence-electron chi connectivity index (χ4n) is 2.44. The van der Waals surface area contributed by atoms with Crippen molar-refractivity contribution < 1.29 is 4.79 Å². The van der Waals surface area contributed by atoms with Crippen molar-refractivity contribution in [3.8, 4) is 0 Å². The molecular formula is C16H25ClN2OS. The summed E-state index contributed by atoms with van der Waals surface area (Å²) in [5.74, 6) is 0.535. The van der Waals surface area contributed by atoms with Crippen LogP contribution in [0.4, 0.5) is 0 Å². The van der Waals surface area contributed by atoms with Gasteiger partial charge in [0.2, 0.25) is 0 Å². The fourth-order valence-corrected chi connectivity index (χ4v) is 3.27. The number of hydrogen-bond donors (Lipinski definition) is 2. The second-order valence-corrected chi connectivity index (χ2v) is 7.39. The Bertz CT molecular complexity index is 450. The van der Waals surface area contributed by atoms with Gasteiger partial charge in [0.05, 0.1) is 0 Å². The molecule has 0 bridgehead atoms. The smallest absolute Gasteiger partial charge is 0.251 e. The van der Waals surface area contributed by atoms with Gasteiger partial charge in [0, 0.05) is 21.8 Å². The first kappa shape index (κ1) is 18.3. The molecule has 0 aromatic heterocycles. The maximum Gasteiger partial charge on any atom is 0.251 e. The second kappa shape index (κ2) is 8.66. The van der Waals surface area contributed by atoms with Crippen LogP contribution in [0.25, 0.3) is 0 Å². The van der Waals surface area contributed by atoms with Crippen molar-refractivity contribution >= 4 is 30.1 Å². The predicted octanol–water partition coefficient (Wildman–Crippen LogP) is 3.34. The van der Waals surface area contributed by atoms with Crippen molar-refractivity contribution in [1.29, 1.82) is 0 Å². The number of piperidine rings is 1. The van der Waals surface area contributed by atoms with Crippen LogP contribution in [0.2, 0.25) is 0 Å². The van der Waals surface area contributed by atoms with E-state index in [1.807, 2.05) is 36.0 Å². The molecule has 2 N–H and O–H groups in total. The first-order valence-corrected chi connectivity index (χ1v) is 8.22. The summed E-state index contributed by atoms with van der Waals surface area (Å²) >= 11 is 1.81. The third-order valence-electron chi connectivity index (χ3n) is 3.59. The molecule has 3 nitrogen and oxygen atoms in total. The minimum absolute atomic E-state index is 0. The summed E-state index contributed by atoms with van der Waals surface area (Å²) in [6.07, 6.45) is 1.01. The molecule has 0 spiro atoms. The molecule has 0 saturated carbocycles. The van der Waals surface area contributed by atoms with Gasteiger partial charge in [-0.1, -0.05) is 20.8 Å². The number of halogens is 1. The lowest BCUT2D eigenvalue weighted by molar-refractivity contribution is 0.0914. The number of carbonyl (C=O) groups is 1. The molecule has 1 fully saturated rings. The van der Waals surface area contributed by atoms with Gasteiger partial charge in [-0.05, 0) is 49.7 Å². The highest BCUT2D eigenvalue weighted by Crippen LogP contribution is 2.23. The number of nitrogens with one attached hydrogen (secondary N) is 2. The van der Waals surface area contributed by atoms with E-state index in [1.165, 1.54) is 4.90 Å². The molecule has 0 radical (unpaired) electrons. The predicted molar refractivity (Wildman–Crippen MR) is 92.6 cm³/mol. The van der Waals surface area contributed by atoms with Gasteiger partial charge in [-0.25, -0.2) is 0 Å². The van der Waals surface area contributed by atoms with Crippen molar-refractivity contribution in [1.82, 2.24) is 10.6 Å². The molecule has 1 aromatic rings. The Morgan fingerprint density at radius 3 is 2.57 bits per heavy atom. The van der Waals surface area contributed by atoms with Crippen LogP contribution in [-0.2, 0) is 0 Å². The first-order chi connectivity index (χ1) is 9.56. The van der Waals surface area contributed by atoms with Gasteiger partial charge in [0.1, 0.15) is 0 Å². The maximum absolute atomic E-state index is 12.3. The van der Waals surface area contributed by atoms with Gasteiger partial charge in [-0.2, -0.15) is 0 Å². The lowest BCUT2D eigenvalue weighted by atomic mass is 9.95. The highest BCUT2D eigenvalue weighted by atomic mass is 35.5. The molecule has 118 valence electrons. The Kier molecular flexibility index (Phi) is 7.57. The average Bonchev–Trinajstić information content (AvgIpc) is 2.41. The van der Waals surface area contributed by atoms with E-state index in [1.54, 1.807) is 0 Å². The highest BCUT2D eigenvalue weighted by molar-refractivity contribution is 7.99. The van der Waals surface area contributed by atoms with Crippen LogP contribution >= 0.6 is 24.2 Å². The number of carbonyl (C=O) groups excluding carboxylic acids is 1. The molecule has 2 unspecified atom stereocenters. The zero-order valence-electron chi connectivity index (χ0n) is 12.9. The van der Waals surface area contributed by atoms with Gasteiger partial charge in [0.25, 0.3) is 5.91 Å². The Morgan fingerprint density at radius 2 is 2.00 bits per heavy atom. The van der Waals surface area contributed by atoms with Gasteiger partial charge < -0.3 is 10.6 Å². The van der Waals surface area contributed by atoms with Crippen molar-refractivity contribution in [2.24, 2.45) is 5.92 Å². The number of rotatable bonds is 4. The molecule has 1 saturated heterocycles. The molecule has 1 heterocycles. The largest absolute Gasteiger partial charge is 0.349 e. The highest BCUT2D eigenvalue weighted by Gasteiger charge is 2.22. The molecule has 1 aromatic carbocycles. The molecule has 5 heteroatoms. The van der Waals surface area contributed by atoms with E-state index in [0.717, 1.165) is 25.1 Å². The van der Waals surface area contributed by atoms with E-state index >= 15 is 0 Å². The summed E-state index contributed by atoms with van der Waals surface area (Å²) in [6, 6.07) is 8.20. The van der Waals surface area contributed by atoms with Crippen molar-refractivity contribution in [3.63, 3.8) is 0 Å². The third kappa shape index (κ3) is 5.53. The standard InChI is InChI=1S/C16H24N2OS.ClH/c1-11(2)20-14-6-4-13(5-7-14)16(19)18-15-8-9-17-10-12(15)3;/h4-7,11-12,15,17H,8-10H2,1-3H3,(H,18,19);1H. The zero-order chi connectivity index (χ0) is 14.5. The molecular weight excluding hydrogens is 304 g/mol. The van der Waals surface area contributed by atoms with Crippen LogP contribution in [0.1, 0.15) is 37.6 Å². The van der Waals surface area contributed by atoms with E-state index in [2.05, 4.69) is 31.4 Å². The second-order valence-electron chi connectivity index (χ2n) is 5.74. The molecule has 1 aliphatic rings. The fraction of sp³-hybridized carbons (Fsp3) is 0.562. The van der Waals surface area contributed by atoms with Gasteiger partial charge in [0.15, 0.2) is 0 Å². The van der Waals surface area contributed by atoms with Gasteiger partial charge in [-0.3, -0.25) is 4.79 Å². The lowest BCUT2D eigenvalue weighted by Crippen LogP contribution is -2.48.